The van der Waals surface area contributed by atoms with Crippen LogP contribution in [0.25, 0.3) is 11.0 Å². The third-order valence-corrected chi connectivity index (χ3v) is 11.4. The fraction of sp³-hybridized carbons (Fsp3) is 0.600. The van der Waals surface area contributed by atoms with Gasteiger partial charge >= 0.3 is 6.09 Å². The molecule has 3 fully saturated rings. The van der Waals surface area contributed by atoms with Crippen molar-refractivity contribution in [2.75, 3.05) is 6.54 Å². The minimum Gasteiger partial charge on any atom is -0.471 e. The molecule has 2 aliphatic heterocycles. The number of rotatable bonds is 6. The van der Waals surface area contributed by atoms with E-state index in [0.29, 0.717) is 36.9 Å². The number of fused-ring (bicyclic) bond motifs is 3. The van der Waals surface area contributed by atoms with Crippen molar-refractivity contribution in [3.63, 3.8) is 0 Å². The predicted molar refractivity (Wildman–Crippen MR) is 183 cm³/mol. The highest BCUT2D eigenvalue weighted by atomic mass is 32.2. The molecular formula is C35H45FN6O8S. The zero-order chi connectivity index (χ0) is 36.7. The Hall–Kier alpha value is -4.34. The third kappa shape index (κ3) is 8.26. The lowest BCUT2D eigenvalue weighted by atomic mass is 10.0. The largest absolute Gasteiger partial charge is 0.471 e. The van der Waals surface area contributed by atoms with E-state index in [0.717, 1.165) is 12.8 Å². The number of para-hydroxylation sites is 1. The van der Waals surface area contributed by atoms with Crippen molar-refractivity contribution in [1.82, 2.24) is 30.2 Å². The summed E-state index contributed by atoms with van der Waals surface area (Å²) in [6.45, 7) is 6.67. The molecular weight excluding hydrogens is 683 g/mol. The van der Waals surface area contributed by atoms with Crippen LogP contribution >= 0.6 is 0 Å². The van der Waals surface area contributed by atoms with Crippen LogP contribution in [0.4, 0.5) is 9.18 Å². The van der Waals surface area contributed by atoms with Crippen molar-refractivity contribution >= 4 is 44.9 Å². The first kappa shape index (κ1) is 36.5. The molecule has 1 aromatic heterocycles. The van der Waals surface area contributed by atoms with Gasteiger partial charge in [0.05, 0.1) is 17.3 Å². The highest BCUT2D eigenvalue weighted by Gasteiger charge is 2.62. The zero-order valence-corrected chi connectivity index (χ0v) is 30.1. The molecule has 14 nitrogen and oxygen atoms in total. The number of carbonyl (C=O) groups excluding carboxylic acids is 4. The smallest absolute Gasteiger partial charge is 0.408 e. The monoisotopic (exact) mass is 728 g/mol. The Morgan fingerprint density at radius 3 is 2.59 bits per heavy atom. The summed E-state index contributed by atoms with van der Waals surface area (Å²) in [6.07, 6.45) is 6.28. The first-order valence-corrected chi connectivity index (χ1v) is 19.1. The SMILES string of the molecule is Cc1nc2cccc(F)c2nc1O[C@@H]1C[C@H]2C(=O)N[C@]3(C(=O)NS(=O)(=O)C4CC4)C[C@H]3C=CCCCCC[C@H](NC(=O)OC(C)(C)C)C(=O)N2C1. The summed E-state index contributed by atoms with van der Waals surface area (Å²) in [5.41, 5.74) is -1.64. The Morgan fingerprint density at radius 2 is 1.86 bits per heavy atom. The van der Waals surface area contributed by atoms with Crippen LogP contribution in [0.15, 0.2) is 30.4 Å². The van der Waals surface area contributed by atoms with Crippen LogP contribution in [0.5, 0.6) is 5.88 Å². The number of sulfonamides is 1. The fourth-order valence-electron chi connectivity index (χ4n) is 6.68. The van der Waals surface area contributed by atoms with Crippen LogP contribution in [0.2, 0.25) is 0 Å². The summed E-state index contributed by atoms with van der Waals surface area (Å²) in [5.74, 6) is -3.05. The van der Waals surface area contributed by atoms with E-state index >= 15 is 0 Å². The van der Waals surface area contributed by atoms with Crippen LogP contribution < -0.4 is 20.1 Å². The Kier molecular flexibility index (Phi) is 10.0. The number of hydrogen-bond acceptors (Lipinski definition) is 10. The summed E-state index contributed by atoms with van der Waals surface area (Å²) in [6, 6.07) is 2.19. The molecule has 4 aliphatic rings. The van der Waals surface area contributed by atoms with E-state index in [1.165, 1.54) is 17.0 Å². The fourth-order valence-corrected chi connectivity index (χ4v) is 8.05. The summed E-state index contributed by atoms with van der Waals surface area (Å²) in [4.78, 5) is 65.2. The molecule has 5 atom stereocenters. The lowest BCUT2D eigenvalue weighted by Crippen LogP contribution is -2.58. The number of amides is 4. The van der Waals surface area contributed by atoms with Gasteiger partial charge in [0.2, 0.25) is 27.7 Å². The third-order valence-electron chi connectivity index (χ3n) is 9.59. The summed E-state index contributed by atoms with van der Waals surface area (Å²) in [7, 11) is -3.91. The average Bonchev–Trinajstić information content (AvgIpc) is 3.96. The minimum atomic E-state index is -3.91. The second-order valence-electron chi connectivity index (χ2n) is 14.9. The lowest BCUT2D eigenvalue weighted by Gasteiger charge is -2.30. The van der Waals surface area contributed by atoms with Gasteiger partial charge in [0.1, 0.15) is 40.5 Å². The maximum atomic E-state index is 14.6. The van der Waals surface area contributed by atoms with E-state index in [9.17, 15) is 32.0 Å². The first-order valence-electron chi connectivity index (χ1n) is 17.5. The van der Waals surface area contributed by atoms with Crippen molar-refractivity contribution in [2.45, 2.75) is 120 Å². The Morgan fingerprint density at radius 1 is 1.10 bits per heavy atom. The van der Waals surface area contributed by atoms with Gasteiger partial charge in [0, 0.05) is 12.3 Å². The van der Waals surface area contributed by atoms with Gasteiger partial charge in [-0.15, -0.1) is 0 Å². The second kappa shape index (κ2) is 14.0. The van der Waals surface area contributed by atoms with Crippen LogP contribution in [-0.2, 0) is 29.1 Å². The average molecular weight is 729 g/mol. The van der Waals surface area contributed by atoms with E-state index in [-0.39, 0.29) is 37.2 Å². The van der Waals surface area contributed by atoms with Gasteiger partial charge in [-0.1, -0.05) is 31.1 Å². The zero-order valence-electron chi connectivity index (χ0n) is 29.2. The molecule has 6 rings (SSSR count). The maximum absolute atomic E-state index is 14.6. The van der Waals surface area contributed by atoms with Crippen molar-refractivity contribution in [3.05, 3.63) is 41.9 Å². The van der Waals surface area contributed by atoms with E-state index in [4.69, 9.17) is 9.47 Å². The molecule has 276 valence electrons. The van der Waals surface area contributed by atoms with Crippen molar-refractivity contribution in [3.8, 4) is 5.88 Å². The molecule has 4 amide bonds. The van der Waals surface area contributed by atoms with Gasteiger partial charge in [-0.2, -0.15) is 0 Å². The highest BCUT2D eigenvalue weighted by molar-refractivity contribution is 7.91. The van der Waals surface area contributed by atoms with Crippen LogP contribution in [0, 0.1) is 18.7 Å². The van der Waals surface area contributed by atoms with Gasteiger partial charge in [-0.3, -0.25) is 19.1 Å². The van der Waals surface area contributed by atoms with E-state index < -0.39 is 80.2 Å². The topological polar surface area (TPSA) is 186 Å². The quantitative estimate of drug-likeness (QED) is 0.373. The number of benzene rings is 1. The van der Waals surface area contributed by atoms with Gasteiger partial charge < -0.3 is 25.0 Å². The summed E-state index contributed by atoms with van der Waals surface area (Å²) >= 11 is 0. The highest BCUT2D eigenvalue weighted by Crippen LogP contribution is 2.46. The normalized spacial score (nSPS) is 27.4. The number of hydrogen-bond donors (Lipinski definition) is 3. The standard InChI is InChI=1S/C35H45FN6O8S/c1-20-30(39-28-24(36)12-10-14-25(28)37-20)49-22-17-27-29(43)40-35(32(45)41-51(47,48)23-15-16-23)18-21(35)11-8-6-5-7-9-13-26(31(44)42(27)19-22)38-33(46)50-34(2,3)4/h8,10-12,14,21-23,26-27H,5-7,9,13,15-19H2,1-4H3,(H,38,46)(H,40,43)(H,41,45)/t21-,22-,26+,27+,35-/m1/s1. The molecule has 16 heteroatoms. The number of nitrogens with one attached hydrogen (secondary N) is 3. The minimum absolute atomic E-state index is 0.00308. The maximum Gasteiger partial charge on any atom is 0.408 e. The van der Waals surface area contributed by atoms with Gasteiger partial charge in [0.15, 0.2) is 5.82 Å². The number of nitrogens with zero attached hydrogens (tertiary/aromatic N) is 3. The van der Waals surface area contributed by atoms with E-state index in [1.807, 2.05) is 12.2 Å². The molecule has 1 aromatic carbocycles. The van der Waals surface area contributed by atoms with Crippen LogP contribution in [0.1, 0.15) is 84.3 Å². The predicted octanol–water partition coefficient (Wildman–Crippen LogP) is 3.32. The van der Waals surface area contributed by atoms with Gasteiger partial charge in [-0.05, 0) is 78.4 Å². The second-order valence-corrected chi connectivity index (χ2v) is 16.9. The van der Waals surface area contributed by atoms with Crippen LogP contribution in [-0.4, -0.2) is 88.2 Å². The van der Waals surface area contributed by atoms with Gasteiger partial charge in [-0.25, -0.2) is 27.6 Å². The number of carbonyl (C=O) groups is 4. The van der Waals surface area contributed by atoms with Crippen molar-refractivity contribution < 1.29 is 41.5 Å². The van der Waals surface area contributed by atoms with Crippen LogP contribution in [0.3, 0.4) is 0 Å². The lowest BCUT2D eigenvalue weighted by molar-refractivity contribution is -0.141. The molecule has 0 bridgehead atoms. The van der Waals surface area contributed by atoms with Crippen molar-refractivity contribution in [2.24, 2.45) is 5.92 Å². The molecule has 2 aromatic rings. The molecule has 51 heavy (non-hydrogen) atoms. The number of ether oxygens (including phenoxy) is 2. The first-order chi connectivity index (χ1) is 24.1. The number of alkyl carbamates (subject to hydrolysis) is 1. The van der Waals surface area contributed by atoms with Gasteiger partial charge in [0.25, 0.3) is 5.91 Å². The number of allylic oxidation sites excluding steroid dienone is 1. The Labute approximate surface area is 296 Å². The number of aromatic nitrogens is 2. The Balaban J connectivity index is 1.31. The molecule has 2 saturated carbocycles. The summed E-state index contributed by atoms with van der Waals surface area (Å²) < 4.78 is 54.0. The molecule has 0 spiro atoms. The molecule has 2 aliphatic carbocycles. The molecule has 1 saturated heterocycles. The molecule has 3 N–H and O–H groups in total. The molecule has 0 radical (unpaired) electrons. The number of aryl methyl sites for hydroxylation is 1. The number of halogens is 1. The summed E-state index contributed by atoms with van der Waals surface area (Å²) in [5, 5.41) is 4.87. The Bertz CT molecular complexity index is 1860. The molecule has 0 unspecified atom stereocenters. The molecule has 3 heterocycles. The van der Waals surface area contributed by atoms with E-state index in [2.05, 4.69) is 25.3 Å². The van der Waals surface area contributed by atoms with Crippen molar-refractivity contribution in [1.29, 1.82) is 0 Å². The van der Waals surface area contributed by atoms with E-state index in [1.54, 1.807) is 33.8 Å².